The van der Waals surface area contributed by atoms with Crippen molar-refractivity contribution in [2.24, 2.45) is 5.92 Å². The van der Waals surface area contributed by atoms with Gasteiger partial charge in [0.1, 0.15) is 24.2 Å². The van der Waals surface area contributed by atoms with Crippen LogP contribution < -0.4 is 15.4 Å². The Morgan fingerprint density at radius 2 is 1.95 bits per heavy atom. The van der Waals surface area contributed by atoms with Crippen molar-refractivity contribution in [2.45, 2.75) is 57.4 Å². The third-order valence-electron chi connectivity index (χ3n) is 7.00. The number of amides is 1. The Kier molecular flexibility index (Phi) is 10.6. The number of nitrogens with zero attached hydrogens (tertiary/aromatic N) is 2. The molecule has 2 aliphatic rings. The minimum absolute atomic E-state index is 0.289. The van der Waals surface area contributed by atoms with Gasteiger partial charge in [-0.15, -0.1) is 0 Å². The van der Waals surface area contributed by atoms with E-state index in [2.05, 4.69) is 27.7 Å². The fraction of sp³-hybridized carbons (Fsp3) is 0.552. The second kappa shape index (κ2) is 14.6. The molecule has 0 unspecified atom stereocenters. The second-order valence-corrected chi connectivity index (χ2v) is 10.2. The number of hydrogen-bond donors (Lipinski definition) is 3. The fourth-order valence-corrected chi connectivity index (χ4v) is 4.53. The van der Waals surface area contributed by atoms with Crippen LogP contribution in [-0.2, 0) is 22.4 Å². The van der Waals surface area contributed by atoms with Crippen molar-refractivity contribution in [1.29, 1.82) is 0 Å². The van der Waals surface area contributed by atoms with Crippen LogP contribution in [0.1, 0.15) is 49.8 Å². The summed E-state index contributed by atoms with van der Waals surface area (Å²) in [7, 11) is 0. The molecule has 1 aromatic heterocycles. The third-order valence-corrected chi connectivity index (χ3v) is 7.00. The van der Waals surface area contributed by atoms with E-state index in [0.717, 1.165) is 75.3 Å². The van der Waals surface area contributed by atoms with E-state index >= 15 is 0 Å². The van der Waals surface area contributed by atoms with Gasteiger partial charge in [0.25, 0.3) is 0 Å². The summed E-state index contributed by atoms with van der Waals surface area (Å²) in [4.78, 5) is 30.8. The molecule has 38 heavy (non-hydrogen) atoms. The van der Waals surface area contributed by atoms with Gasteiger partial charge < -0.3 is 25.2 Å². The lowest BCUT2D eigenvalue weighted by Crippen LogP contribution is -2.44. The van der Waals surface area contributed by atoms with Crippen molar-refractivity contribution in [3.05, 3.63) is 53.7 Å². The van der Waals surface area contributed by atoms with Gasteiger partial charge in [-0.05, 0) is 87.6 Å². The Hall–Kier alpha value is -3.33. The monoisotopic (exact) mass is 524 g/mol. The summed E-state index contributed by atoms with van der Waals surface area (Å²) < 4.78 is 11.0. The number of aromatic nitrogens is 1. The zero-order chi connectivity index (χ0) is 26.6. The lowest BCUT2D eigenvalue weighted by molar-refractivity contribution is -0.139. The molecular formula is C29H40N4O5. The number of unbranched alkanes of at least 4 members (excludes halogenated alkanes) is 1. The van der Waals surface area contributed by atoms with E-state index in [-0.39, 0.29) is 6.42 Å². The number of ether oxygens (including phenoxy) is 2. The number of pyridine rings is 1. The first-order valence-electron chi connectivity index (χ1n) is 13.9. The predicted molar refractivity (Wildman–Crippen MR) is 146 cm³/mol. The third kappa shape index (κ3) is 9.52. The molecule has 0 spiro atoms. The summed E-state index contributed by atoms with van der Waals surface area (Å²) in [5.74, 6) is 1.21. The maximum Gasteiger partial charge on any atom is 0.407 e. The molecule has 4 rings (SSSR count). The Morgan fingerprint density at radius 3 is 2.74 bits per heavy atom. The highest BCUT2D eigenvalue weighted by molar-refractivity contribution is 5.79. The zero-order valence-electron chi connectivity index (χ0n) is 22.1. The van der Waals surface area contributed by atoms with Crippen LogP contribution >= 0.6 is 0 Å². The van der Waals surface area contributed by atoms with Crippen LogP contribution in [0.4, 0.5) is 10.6 Å². The van der Waals surface area contributed by atoms with Crippen LogP contribution in [-0.4, -0.2) is 72.5 Å². The number of aryl methyl sites for hydroxylation is 2. The summed E-state index contributed by atoms with van der Waals surface area (Å²) in [6, 6.07) is 13.0. The van der Waals surface area contributed by atoms with E-state index in [1.54, 1.807) is 0 Å². The number of fused-ring (bicyclic) bond motifs is 1. The zero-order valence-corrected chi connectivity index (χ0v) is 22.1. The number of aliphatic carboxylic acids is 1. The van der Waals surface area contributed by atoms with E-state index in [0.29, 0.717) is 32.2 Å². The van der Waals surface area contributed by atoms with Crippen LogP contribution in [0.25, 0.3) is 0 Å². The predicted octanol–water partition coefficient (Wildman–Crippen LogP) is 4.12. The number of para-hydroxylation sites is 1. The number of alkyl carbamates (subject to hydrolysis) is 1. The Balaban J connectivity index is 1.24. The summed E-state index contributed by atoms with van der Waals surface area (Å²) >= 11 is 0. The largest absolute Gasteiger partial charge is 0.492 e. The van der Waals surface area contributed by atoms with Gasteiger partial charge in [-0.2, -0.15) is 0 Å². The molecule has 206 valence electrons. The van der Waals surface area contributed by atoms with Gasteiger partial charge in [0, 0.05) is 25.3 Å². The normalized spacial score (nSPS) is 15.3. The Labute approximate surface area is 224 Å². The standard InChI is InChI=1S/C29H40N4O5/c34-28(35)26(32-29(36)38-21-22-11-12-22)15-18-33(19-20-37-25-9-2-1-3-10-25)17-5-4-8-24-14-13-23-7-6-16-30-27(23)31-24/h1-3,9-10,13-14,22,26H,4-8,11-12,15-21H2,(H,30,31)(H,32,36)(H,34,35)/t26-/m0/s1. The summed E-state index contributed by atoms with van der Waals surface area (Å²) in [6.45, 7) is 3.83. The van der Waals surface area contributed by atoms with Crippen LogP contribution in [0, 0.1) is 5.92 Å². The highest BCUT2D eigenvalue weighted by atomic mass is 16.5. The minimum atomic E-state index is -1.05. The number of anilines is 1. The molecule has 1 atom stereocenters. The first kappa shape index (κ1) is 27.7. The molecule has 1 aromatic carbocycles. The van der Waals surface area contributed by atoms with Gasteiger partial charge in [0.15, 0.2) is 0 Å². The van der Waals surface area contributed by atoms with Crippen LogP contribution in [0.15, 0.2) is 42.5 Å². The van der Waals surface area contributed by atoms with Crippen LogP contribution in [0.3, 0.4) is 0 Å². The number of carbonyl (C=O) groups excluding carboxylic acids is 1. The van der Waals surface area contributed by atoms with Crippen molar-refractivity contribution >= 4 is 17.9 Å². The van der Waals surface area contributed by atoms with Crippen molar-refractivity contribution in [3.63, 3.8) is 0 Å². The average molecular weight is 525 g/mol. The van der Waals surface area contributed by atoms with Crippen LogP contribution in [0.2, 0.25) is 0 Å². The smallest absolute Gasteiger partial charge is 0.407 e. The fourth-order valence-electron chi connectivity index (χ4n) is 4.53. The number of rotatable bonds is 16. The summed E-state index contributed by atoms with van der Waals surface area (Å²) in [6.07, 6.45) is 6.83. The molecule has 9 nitrogen and oxygen atoms in total. The molecule has 2 aromatic rings. The number of carboxylic acids is 1. The first-order valence-corrected chi connectivity index (χ1v) is 13.9. The molecule has 9 heteroatoms. The van der Waals surface area contributed by atoms with Crippen molar-refractivity contribution in [2.75, 3.05) is 44.7 Å². The van der Waals surface area contributed by atoms with Gasteiger partial charge in [0.05, 0.1) is 6.61 Å². The van der Waals surface area contributed by atoms with Gasteiger partial charge in [-0.25, -0.2) is 14.6 Å². The average Bonchev–Trinajstić information content (AvgIpc) is 3.77. The van der Waals surface area contributed by atoms with E-state index in [9.17, 15) is 14.7 Å². The maximum atomic E-state index is 12.1. The van der Waals surface area contributed by atoms with E-state index in [1.165, 1.54) is 5.56 Å². The topological polar surface area (TPSA) is 113 Å². The molecule has 1 amide bonds. The van der Waals surface area contributed by atoms with Gasteiger partial charge in [-0.1, -0.05) is 24.3 Å². The van der Waals surface area contributed by atoms with Gasteiger partial charge in [0.2, 0.25) is 0 Å². The molecule has 1 aliphatic heterocycles. The second-order valence-electron chi connectivity index (χ2n) is 10.2. The van der Waals surface area contributed by atoms with Crippen molar-refractivity contribution < 1.29 is 24.2 Å². The molecule has 2 heterocycles. The van der Waals surface area contributed by atoms with Crippen molar-refractivity contribution in [3.8, 4) is 5.75 Å². The SMILES string of the molecule is O=C(N[C@@H](CCN(CCCCc1ccc2c(n1)NCCC2)CCOc1ccccc1)C(=O)O)OCC1CC1. The number of hydrogen-bond acceptors (Lipinski definition) is 7. The highest BCUT2D eigenvalue weighted by Gasteiger charge is 2.25. The van der Waals surface area contributed by atoms with E-state index < -0.39 is 18.1 Å². The van der Waals surface area contributed by atoms with Gasteiger partial charge >= 0.3 is 12.1 Å². The molecule has 3 N–H and O–H groups in total. The lowest BCUT2D eigenvalue weighted by atomic mass is 10.1. The van der Waals surface area contributed by atoms with Crippen molar-refractivity contribution in [1.82, 2.24) is 15.2 Å². The quantitative estimate of drug-likeness (QED) is 0.281. The molecule has 0 bridgehead atoms. The number of carbonyl (C=O) groups is 2. The van der Waals surface area contributed by atoms with Gasteiger partial charge in [-0.3, -0.25) is 4.90 Å². The maximum absolute atomic E-state index is 12.1. The number of nitrogens with one attached hydrogen (secondary N) is 2. The van der Waals surface area contributed by atoms with E-state index in [1.807, 2.05) is 30.3 Å². The number of carboxylic acid groups (broad SMARTS) is 1. The van der Waals surface area contributed by atoms with Crippen LogP contribution in [0.5, 0.6) is 5.75 Å². The summed E-state index contributed by atoms with van der Waals surface area (Å²) in [5, 5.41) is 15.6. The lowest BCUT2D eigenvalue weighted by Gasteiger charge is -2.24. The Bertz CT molecular complexity index is 1030. The molecular weight excluding hydrogens is 484 g/mol. The van der Waals surface area contributed by atoms with E-state index in [4.69, 9.17) is 14.5 Å². The highest BCUT2D eigenvalue weighted by Crippen LogP contribution is 2.28. The molecule has 1 saturated carbocycles. The molecule has 0 radical (unpaired) electrons. The summed E-state index contributed by atoms with van der Waals surface area (Å²) in [5.41, 5.74) is 2.39. The molecule has 1 aliphatic carbocycles. The molecule has 1 fully saturated rings. The minimum Gasteiger partial charge on any atom is -0.492 e. The molecule has 0 saturated heterocycles. The Morgan fingerprint density at radius 1 is 1.11 bits per heavy atom. The first-order chi connectivity index (χ1) is 18.6. The number of benzene rings is 1.